The van der Waals surface area contributed by atoms with Gasteiger partial charge in [-0.15, -0.1) is 0 Å². The summed E-state index contributed by atoms with van der Waals surface area (Å²) in [4.78, 5) is 12.6. The van der Waals surface area contributed by atoms with Crippen LogP contribution in [0.5, 0.6) is 0 Å². The molecule has 0 aromatic heterocycles. The summed E-state index contributed by atoms with van der Waals surface area (Å²) >= 11 is 0. The summed E-state index contributed by atoms with van der Waals surface area (Å²) in [5.41, 5.74) is -1.07. The fourth-order valence-corrected chi connectivity index (χ4v) is 6.57. The first-order valence-electron chi connectivity index (χ1n) is 12.0. The molecule has 2 saturated carbocycles. The van der Waals surface area contributed by atoms with Gasteiger partial charge >= 0.3 is 5.97 Å². The first-order valence-corrected chi connectivity index (χ1v) is 11.6. The molecule has 3 aliphatic rings. The molecule has 2 N–H and O–H groups in total. The monoisotopic (exact) mass is 412 g/mol. The van der Waals surface area contributed by atoms with Crippen LogP contribution >= 0.6 is 0 Å². The maximum absolute atomic E-state index is 12.6. The first kappa shape index (κ1) is 21.6. The zero-order chi connectivity index (χ0) is 22.3. The van der Waals surface area contributed by atoms with E-state index in [0.29, 0.717) is 24.2 Å². The predicted molar refractivity (Wildman–Crippen MR) is 112 cm³/mol. The number of aliphatic hydroxyl groups is 2. The van der Waals surface area contributed by atoms with Gasteiger partial charge in [-0.1, -0.05) is 41.0 Å². The van der Waals surface area contributed by atoms with E-state index in [9.17, 15) is 9.90 Å². The molecular formula is C24H42O5. The van der Waals surface area contributed by atoms with Gasteiger partial charge in [0.25, 0.3) is 0 Å². The molecule has 3 fully saturated rings. The molecule has 1 unspecified atom stereocenters. The second-order valence-electron chi connectivity index (χ2n) is 11.6. The number of fused-ring (bicyclic) bond motifs is 1. The van der Waals surface area contributed by atoms with Crippen LogP contribution in [0.4, 0.5) is 0 Å². The second-order valence-corrected chi connectivity index (χ2v) is 11.6. The largest absolute Gasteiger partial charge is 0.433 e. The van der Waals surface area contributed by atoms with E-state index in [-0.39, 0.29) is 35.4 Å². The Morgan fingerprint density at radius 2 is 2.00 bits per heavy atom. The van der Waals surface area contributed by atoms with E-state index in [1.54, 1.807) is 6.92 Å². The van der Waals surface area contributed by atoms with Gasteiger partial charge in [0.05, 0.1) is 6.10 Å². The highest BCUT2D eigenvalue weighted by Crippen LogP contribution is 2.58. The molecule has 0 bridgehead atoms. The molecule has 0 radical (unpaired) electrons. The van der Waals surface area contributed by atoms with E-state index in [0.717, 1.165) is 32.1 Å². The highest BCUT2D eigenvalue weighted by Gasteiger charge is 2.54. The maximum Gasteiger partial charge on any atom is 0.340 e. The predicted octanol–water partition coefficient (Wildman–Crippen LogP) is 4.29. The van der Waals surface area contributed by atoms with Gasteiger partial charge in [-0.05, 0) is 74.5 Å². The Morgan fingerprint density at radius 3 is 2.59 bits per heavy atom. The highest BCUT2D eigenvalue weighted by molar-refractivity contribution is 5.80. The van der Waals surface area contributed by atoms with E-state index in [2.05, 4.69) is 13.8 Å². The van der Waals surface area contributed by atoms with Gasteiger partial charge in [0, 0.05) is 12.0 Å². The second kappa shape index (κ2) is 8.12. The molecule has 29 heavy (non-hydrogen) atoms. The normalized spacial score (nSPS) is 42.9. The summed E-state index contributed by atoms with van der Waals surface area (Å²) < 4.78 is 19.1. The summed E-state index contributed by atoms with van der Waals surface area (Å²) in [7, 11) is 0. The third kappa shape index (κ3) is 4.38. The molecule has 0 amide bonds. The van der Waals surface area contributed by atoms with Gasteiger partial charge < -0.3 is 19.7 Å². The van der Waals surface area contributed by atoms with Crippen LogP contribution in [0, 0.1) is 34.5 Å². The average Bonchev–Trinajstić information content (AvgIpc) is 3.17. The number of hydrogen-bond acceptors (Lipinski definition) is 5. The molecular weight excluding hydrogens is 368 g/mol. The van der Waals surface area contributed by atoms with E-state index in [1.807, 2.05) is 20.8 Å². The van der Waals surface area contributed by atoms with Crippen molar-refractivity contribution < 1.29 is 24.5 Å². The molecule has 2 aliphatic carbocycles. The standard InChI is InChI=1S/C24H42O5/c1-15(17-9-10-18-19(26)8-7-11-23(17,18)5)12-16(14-25)13-24(6)20(27)28-21(29-24)22(2,3)4/h15-19,21,25-26H,7-14H2,1-6H3/t15-,16-,17-,18?,19+,21-,23-,24-/m1/s1/i26T. The fourth-order valence-electron chi connectivity index (χ4n) is 6.57. The Balaban J connectivity index is 1.65. The fraction of sp³-hybridized carbons (Fsp3) is 0.958. The Kier molecular flexibility index (Phi) is 6.04. The topological polar surface area (TPSA) is 76.0 Å². The molecule has 5 nitrogen and oxygen atoms in total. The number of hydrogen-bond donors (Lipinski definition) is 2. The van der Waals surface area contributed by atoms with Crippen molar-refractivity contribution in [3.05, 3.63) is 0 Å². The van der Waals surface area contributed by atoms with Gasteiger partial charge in [0.15, 0.2) is 5.60 Å². The van der Waals surface area contributed by atoms with Gasteiger partial charge in [-0.3, -0.25) is 0 Å². The van der Waals surface area contributed by atoms with Gasteiger partial charge in [0.2, 0.25) is 7.72 Å². The van der Waals surface area contributed by atoms with Gasteiger partial charge in [-0.2, -0.15) is 0 Å². The SMILES string of the molecule is [3H]O[C@H]1CCC[C@@]2(C)C1CC[C@@H]2[C@H](C)C[C@@H](CO)C[C@@]1(C)O[C@H](C(C)(C)C)OC1=O. The maximum atomic E-state index is 12.6. The van der Waals surface area contributed by atoms with Crippen LogP contribution < -0.4 is 0 Å². The van der Waals surface area contributed by atoms with Crippen molar-refractivity contribution in [3.63, 3.8) is 0 Å². The quantitative estimate of drug-likeness (QED) is 0.610. The van der Waals surface area contributed by atoms with Crippen molar-refractivity contribution in [2.45, 2.75) is 104 Å². The van der Waals surface area contributed by atoms with Crippen molar-refractivity contribution >= 4 is 5.97 Å². The number of esters is 1. The van der Waals surface area contributed by atoms with Crippen molar-refractivity contribution in [2.75, 3.05) is 6.61 Å². The lowest BCUT2D eigenvalue weighted by atomic mass is 9.61. The van der Waals surface area contributed by atoms with Crippen molar-refractivity contribution in [2.24, 2.45) is 34.5 Å². The van der Waals surface area contributed by atoms with Crippen LogP contribution in [-0.4, -0.2) is 42.2 Å². The number of carbonyl (C=O) groups is 1. The smallest absolute Gasteiger partial charge is 0.340 e. The summed E-state index contributed by atoms with van der Waals surface area (Å²) in [5, 5.41) is 15.2. The molecule has 168 valence electrons. The Morgan fingerprint density at radius 1 is 1.28 bits per heavy atom. The summed E-state index contributed by atoms with van der Waals surface area (Å²) in [6.07, 6.45) is 6.44. The minimum atomic E-state index is -0.998. The zero-order valence-corrected chi connectivity index (χ0v) is 19.2. The minimum Gasteiger partial charge on any atom is -0.433 e. The van der Waals surface area contributed by atoms with Crippen LogP contribution in [0.3, 0.4) is 0 Å². The third-order valence-corrected chi connectivity index (χ3v) is 8.18. The molecule has 0 spiro atoms. The van der Waals surface area contributed by atoms with Crippen LogP contribution in [0.1, 0.15) is 86.5 Å². The number of rotatable bonds is 7. The van der Waals surface area contributed by atoms with Crippen molar-refractivity contribution in [1.82, 2.24) is 0 Å². The van der Waals surface area contributed by atoms with Gasteiger partial charge in [0.1, 0.15) is 0 Å². The zero-order valence-electron chi connectivity index (χ0n) is 20.2. The summed E-state index contributed by atoms with van der Waals surface area (Å²) in [6, 6.07) is 0. The summed E-state index contributed by atoms with van der Waals surface area (Å²) in [6.45, 7) is 12.5. The Labute approximate surface area is 178 Å². The first-order chi connectivity index (χ1) is 13.9. The molecule has 1 saturated heterocycles. The molecule has 5 heteroatoms. The van der Waals surface area contributed by atoms with Crippen LogP contribution in [-0.2, 0) is 14.3 Å². The number of aliphatic hydroxyl groups excluding tert-OH is 2. The van der Waals surface area contributed by atoms with E-state index in [4.69, 9.17) is 16.0 Å². The molecule has 8 atom stereocenters. The number of cyclic esters (lactones) is 1. The minimum absolute atomic E-state index is 0.00858. The van der Waals surface area contributed by atoms with Crippen LogP contribution in [0.2, 0.25) is 0 Å². The lowest BCUT2D eigenvalue weighted by Gasteiger charge is -2.45. The van der Waals surface area contributed by atoms with Crippen LogP contribution in [0.15, 0.2) is 0 Å². The Bertz CT molecular complexity index is 619. The molecule has 0 aromatic rings. The van der Waals surface area contributed by atoms with E-state index in [1.165, 1.54) is 6.42 Å². The molecule has 1 aliphatic heterocycles. The van der Waals surface area contributed by atoms with Crippen LogP contribution in [0.25, 0.3) is 0 Å². The van der Waals surface area contributed by atoms with Gasteiger partial charge in [-0.25, -0.2) is 4.79 Å². The highest BCUT2D eigenvalue weighted by atomic mass is 16.8. The van der Waals surface area contributed by atoms with E-state index < -0.39 is 11.9 Å². The molecule has 3 rings (SSSR count). The lowest BCUT2D eigenvalue weighted by molar-refractivity contribution is -0.156. The summed E-state index contributed by atoms with van der Waals surface area (Å²) in [5.74, 6) is 1.12. The number of ether oxygens (including phenoxy) is 2. The van der Waals surface area contributed by atoms with Crippen molar-refractivity contribution in [1.29, 1.82) is 1.43 Å². The molecule has 0 aromatic carbocycles. The average molecular weight is 413 g/mol. The third-order valence-electron chi connectivity index (χ3n) is 8.18. The number of carbonyl (C=O) groups excluding carboxylic acids is 1. The van der Waals surface area contributed by atoms with E-state index >= 15 is 0 Å². The Hall–Kier alpha value is -0.650. The molecule has 1 heterocycles. The van der Waals surface area contributed by atoms with Crippen molar-refractivity contribution in [3.8, 4) is 0 Å². The lowest BCUT2D eigenvalue weighted by Crippen LogP contribution is -2.42.